The number of benzene rings is 1. The summed E-state index contributed by atoms with van der Waals surface area (Å²) in [5.41, 5.74) is 0.780. The Bertz CT molecular complexity index is 702. The van der Waals surface area contributed by atoms with E-state index in [2.05, 4.69) is 22.9 Å². The Labute approximate surface area is 158 Å². The molecule has 1 aliphatic rings. The molecule has 0 unspecified atom stereocenters. The molecule has 0 saturated heterocycles. The van der Waals surface area contributed by atoms with Gasteiger partial charge >= 0.3 is 12.0 Å². The van der Waals surface area contributed by atoms with Crippen LogP contribution in [0, 0.1) is 5.92 Å². The summed E-state index contributed by atoms with van der Waals surface area (Å²) in [7, 11) is 0. The normalized spacial score (nSPS) is 18.9. The van der Waals surface area contributed by atoms with Gasteiger partial charge in [0, 0.05) is 18.7 Å². The van der Waals surface area contributed by atoms with Gasteiger partial charge in [0.15, 0.2) is 6.61 Å². The Hall–Kier alpha value is -2.90. The van der Waals surface area contributed by atoms with Gasteiger partial charge in [0.1, 0.15) is 0 Å². The number of esters is 1. The molecule has 2 atom stereocenters. The van der Waals surface area contributed by atoms with Crippen molar-refractivity contribution < 1.29 is 23.9 Å². The smallest absolute Gasteiger partial charge is 0.338 e. The van der Waals surface area contributed by atoms with Gasteiger partial charge < -0.3 is 15.4 Å². The van der Waals surface area contributed by atoms with Crippen LogP contribution in [0.5, 0.6) is 0 Å². The van der Waals surface area contributed by atoms with E-state index in [-0.39, 0.29) is 17.5 Å². The van der Waals surface area contributed by atoms with Crippen LogP contribution in [0.2, 0.25) is 0 Å². The molecule has 27 heavy (non-hydrogen) atoms. The number of rotatable bonds is 5. The van der Waals surface area contributed by atoms with Crippen LogP contribution in [-0.4, -0.2) is 36.5 Å². The number of carbonyl (C=O) groups excluding carboxylic acids is 4. The van der Waals surface area contributed by atoms with E-state index < -0.39 is 24.5 Å². The first-order valence-corrected chi connectivity index (χ1v) is 9.00. The van der Waals surface area contributed by atoms with E-state index in [4.69, 9.17) is 4.74 Å². The van der Waals surface area contributed by atoms with Crippen molar-refractivity contribution in [3.8, 4) is 0 Å². The van der Waals surface area contributed by atoms with E-state index in [1.165, 1.54) is 19.1 Å². The van der Waals surface area contributed by atoms with Gasteiger partial charge in [0.25, 0.3) is 5.91 Å². The lowest BCUT2D eigenvalue weighted by Gasteiger charge is -2.29. The second-order valence-electron chi connectivity index (χ2n) is 6.72. The van der Waals surface area contributed by atoms with Crippen molar-refractivity contribution in [2.45, 2.75) is 45.6 Å². The maximum absolute atomic E-state index is 11.9. The molecule has 8 nitrogen and oxygen atoms in total. The van der Waals surface area contributed by atoms with E-state index in [0.29, 0.717) is 11.6 Å². The van der Waals surface area contributed by atoms with E-state index in [9.17, 15) is 19.2 Å². The number of ether oxygens (including phenoxy) is 1. The first-order chi connectivity index (χ1) is 12.8. The summed E-state index contributed by atoms with van der Waals surface area (Å²) < 4.78 is 4.90. The largest absolute Gasteiger partial charge is 0.452 e. The van der Waals surface area contributed by atoms with Crippen LogP contribution in [0.3, 0.4) is 0 Å². The van der Waals surface area contributed by atoms with Crippen molar-refractivity contribution in [2.75, 3.05) is 11.9 Å². The van der Waals surface area contributed by atoms with Crippen molar-refractivity contribution in [3.63, 3.8) is 0 Å². The molecule has 8 heteroatoms. The fraction of sp³-hybridized carbons (Fsp3) is 0.474. The van der Waals surface area contributed by atoms with E-state index in [1.54, 1.807) is 12.1 Å². The summed E-state index contributed by atoms with van der Waals surface area (Å²) in [6.07, 6.45) is 4.16. The fourth-order valence-electron chi connectivity index (χ4n) is 3.01. The van der Waals surface area contributed by atoms with Gasteiger partial charge in [-0.05, 0) is 43.0 Å². The van der Waals surface area contributed by atoms with Gasteiger partial charge in [-0.1, -0.05) is 19.8 Å². The summed E-state index contributed by atoms with van der Waals surface area (Å²) in [5.74, 6) is -1.24. The number of anilines is 1. The molecule has 2 rings (SSSR count). The van der Waals surface area contributed by atoms with Crippen LogP contribution >= 0.6 is 0 Å². The summed E-state index contributed by atoms with van der Waals surface area (Å²) in [5, 5.41) is 7.55. The number of nitrogens with one attached hydrogen (secondary N) is 3. The molecule has 1 aliphatic carbocycles. The highest BCUT2D eigenvalue weighted by molar-refractivity contribution is 5.97. The highest BCUT2D eigenvalue weighted by atomic mass is 16.5. The third-order valence-corrected chi connectivity index (χ3v) is 4.46. The minimum atomic E-state index is -0.695. The molecule has 4 amide bonds. The summed E-state index contributed by atoms with van der Waals surface area (Å²) in [4.78, 5) is 46.6. The van der Waals surface area contributed by atoms with E-state index >= 15 is 0 Å². The molecule has 146 valence electrons. The Morgan fingerprint density at radius 2 is 1.74 bits per heavy atom. The summed E-state index contributed by atoms with van der Waals surface area (Å²) in [6.45, 7) is 2.90. The Kier molecular flexibility index (Phi) is 7.34. The summed E-state index contributed by atoms with van der Waals surface area (Å²) in [6, 6.07) is 5.53. The zero-order valence-corrected chi connectivity index (χ0v) is 15.5. The Morgan fingerprint density at radius 3 is 2.37 bits per heavy atom. The molecular formula is C19H25N3O5. The molecule has 1 aromatic rings. The van der Waals surface area contributed by atoms with Crippen LogP contribution in [-0.2, 0) is 14.3 Å². The maximum atomic E-state index is 11.9. The number of hydrogen-bond acceptors (Lipinski definition) is 5. The standard InChI is InChI=1S/C19H25N3O5/c1-12-5-3-4-6-16(12)21-19(26)22-17(24)11-27-18(25)14-7-9-15(10-8-14)20-13(2)23/h7-10,12,16H,3-6,11H2,1-2H3,(H,20,23)(H2,21,22,24,26)/t12-,16-/m0/s1. The average Bonchev–Trinajstić information content (AvgIpc) is 2.61. The lowest BCUT2D eigenvalue weighted by molar-refractivity contribution is -0.123. The lowest BCUT2D eigenvalue weighted by Crippen LogP contribution is -2.48. The van der Waals surface area contributed by atoms with Gasteiger partial charge in [0.05, 0.1) is 5.56 Å². The number of carbonyl (C=O) groups is 4. The van der Waals surface area contributed by atoms with E-state index in [0.717, 1.165) is 25.7 Å². The van der Waals surface area contributed by atoms with Gasteiger partial charge in [-0.15, -0.1) is 0 Å². The third-order valence-electron chi connectivity index (χ3n) is 4.46. The van der Waals surface area contributed by atoms with Crippen molar-refractivity contribution in [1.29, 1.82) is 0 Å². The fourth-order valence-corrected chi connectivity index (χ4v) is 3.01. The van der Waals surface area contributed by atoms with Crippen LogP contribution in [0.15, 0.2) is 24.3 Å². The number of imide groups is 1. The predicted octanol–water partition coefficient (Wildman–Crippen LogP) is 2.21. The predicted molar refractivity (Wildman–Crippen MR) is 99.1 cm³/mol. The van der Waals surface area contributed by atoms with Crippen LogP contribution in [0.25, 0.3) is 0 Å². The SMILES string of the molecule is CC(=O)Nc1ccc(C(=O)OCC(=O)NC(=O)N[C@H]2CCCC[C@@H]2C)cc1. The van der Waals surface area contributed by atoms with E-state index in [1.807, 2.05) is 0 Å². The molecule has 0 radical (unpaired) electrons. The average molecular weight is 375 g/mol. The zero-order chi connectivity index (χ0) is 19.8. The lowest BCUT2D eigenvalue weighted by atomic mass is 9.86. The van der Waals surface area contributed by atoms with Crippen molar-refractivity contribution >= 4 is 29.5 Å². The summed E-state index contributed by atoms with van der Waals surface area (Å²) >= 11 is 0. The monoisotopic (exact) mass is 375 g/mol. The van der Waals surface area contributed by atoms with Crippen LogP contribution in [0.1, 0.15) is 49.9 Å². The third kappa shape index (κ3) is 6.73. The highest BCUT2D eigenvalue weighted by Crippen LogP contribution is 2.23. The number of urea groups is 1. The first kappa shape index (κ1) is 20.4. The van der Waals surface area contributed by atoms with Crippen molar-refractivity contribution in [3.05, 3.63) is 29.8 Å². The molecule has 0 aliphatic heterocycles. The Morgan fingerprint density at radius 1 is 1.07 bits per heavy atom. The molecule has 0 bridgehead atoms. The maximum Gasteiger partial charge on any atom is 0.338 e. The van der Waals surface area contributed by atoms with Gasteiger partial charge in [-0.25, -0.2) is 9.59 Å². The van der Waals surface area contributed by atoms with Crippen LogP contribution in [0.4, 0.5) is 10.5 Å². The molecule has 3 N–H and O–H groups in total. The quantitative estimate of drug-likeness (QED) is 0.683. The Balaban J connectivity index is 1.74. The van der Waals surface area contributed by atoms with Crippen LogP contribution < -0.4 is 16.0 Å². The second-order valence-corrected chi connectivity index (χ2v) is 6.72. The van der Waals surface area contributed by atoms with Gasteiger partial charge in [0.2, 0.25) is 5.91 Å². The minimum Gasteiger partial charge on any atom is -0.452 e. The van der Waals surface area contributed by atoms with Gasteiger partial charge in [-0.3, -0.25) is 14.9 Å². The first-order valence-electron chi connectivity index (χ1n) is 9.00. The number of amides is 4. The second kappa shape index (κ2) is 9.70. The molecule has 1 saturated carbocycles. The molecule has 0 aromatic heterocycles. The topological polar surface area (TPSA) is 114 Å². The molecule has 0 heterocycles. The molecule has 0 spiro atoms. The molecule has 1 aromatic carbocycles. The molecule has 1 fully saturated rings. The molecular weight excluding hydrogens is 350 g/mol. The van der Waals surface area contributed by atoms with Gasteiger partial charge in [-0.2, -0.15) is 0 Å². The number of hydrogen-bond donors (Lipinski definition) is 3. The highest BCUT2D eigenvalue weighted by Gasteiger charge is 2.23. The van der Waals surface area contributed by atoms with Crippen molar-refractivity contribution in [1.82, 2.24) is 10.6 Å². The van der Waals surface area contributed by atoms with Crippen molar-refractivity contribution in [2.24, 2.45) is 5.92 Å². The minimum absolute atomic E-state index is 0.0521. The zero-order valence-electron chi connectivity index (χ0n) is 15.5.